The molecule has 0 N–H and O–H groups in total. The van der Waals surface area contributed by atoms with Gasteiger partial charge in [-0.1, -0.05) is 110 Å². The first-order valence-corrected chi connectivity index (χ1v) is 26.1. The van der Waals surface area contributed by atoms with E-state index in [-0.39, 0.29) is 49.3 Å². The van der Waals surface area contributed by atoms with Gasteiger partial charge in [0.1, 0.15) is 36.9 Å². The Kier molecular flexibility index (Phi) is 22.1. The lowest BCUT2D eigenvalue weighted by Crippen LogP contribution is -2.54. The molecular weight excluding hydrogens is 825 g/mol. The maximum atomic E-state index is 13.7. The Morgan fingerprint density at radius 3 is 1.91 bits per heavy atom. The van der Waals surface area contributed by atoms with Crippen molar-refractivity contribution in [2.24, 2.45) is 5.92 Å². The van der Waals surface area contributed by atoms with Crippen LogP contribution in [0.4, 0.5) is 5.69 Å². The zero-order chi connectivity index (χ0) is 44.1. The Morgan fingerprint density at radius 1 is 0.895 bits per heavy atom. The molecule has 0 bridgehead atoms. The number of hydrogen-bond acceptors (Lipinski definition) is 9. The molecule has 0 saturated carbocycles. The van der Waals surface area contributed by atoms with Crippen molar-refractivity contribution in [3.8, 4) is 11.5 Å². The molecule has 0 aliphatic carbocycles. The van der Waals surface area contributed by atoms with E-state index in [1.807, 2.05) is 6.07 Å². The second-order valence-corrected chi connectivity index (χ2v) is 30.1. The summed E-state index contributed by atoms with van der Waals surface area (Å²) in [4.78, 5) is 38.8. The second kappa shape index (κ2) is 23.5. The quantitative estimate of drug-likeness (QED) is 0.0311. The fourth-order valence-electron chi connectivity index (χ4n) is 7.41. The van der Waals surface area contributed by atoms with E-state index in [9.17, 15) is 14.4 Å². The van der Waals surface area contributed by atoms with Crippen molar-refractivity contribution in [1.29, 1.82) is 0 Å². The number of nitrogens with zero attached hydrogens (tertiary/aromatic N) is 1. The average molecular weight is 898 g/mol. The molecule has 328 valence electrons. The van der Waals surface area contributed by atoms with Crippen LogP contribution in [0.1, 0.15) is 101 Å². The first kappa shape index (κ1) is 53.5. The molecule has 0 aromatic heterocycles. The number of halogens is 3. The van der Waals surface area contributed by atoms with Crippen molar-refractivity contribution >= 4 is 75.6 Å². The number of methoxy groups -OCH3 is 3. The molecule has 1 rings (SSSR count). The molecule has 0 fully saturated rings. The minimum atomic E-state index is -2.40. The Labute approximate surface area is 361 Å². The van der Waals surface area contributed by atoms with Gasteiger partial charge >= 0.3 is 0 Å². The van der Waals surface area contributed by atoms with Crippen molar-refractivity contribution in [1.82, 2.24) is 0 Å². The SMILES string of the molecule is COc1cc(CC/C=C(\C)[C@H](O[Si](C(C)C)(C(C)C)C(C)C)[C@@H](C)[C@H](CC=O)O[Si](C)(C)C(C)(C)C)c(OC)c(N(COCC(Cl)(Cl)Cl)C(=O)C[C@H](C=O)OC)c1. The summed E-state index contributed by atoms with van der Waals surface area (Å²) in [6, 6.07) is 3.54. The van der Waals surface area contributed by atoms with E-state index in [0.29, 0.717) is 52.9 Å². The van der Waals surface area contributed by atoms with Crippen molar-refractivity contribution in [3.63, 3.8) is 0 Å². The van der Waals surface area contributed by atoms with E-state index in [1.165, 1.54) is 26.2 Å². The van der Waals surface area contributed by atoms with E-state index in [0.717, 1.165) is 17.4 Å². The van der Waals surface area contributed by atoms with Crippen molar-refractivity contribution < 1.29 is 42.2 Å². The van der Waals surface area contributed by atoms with Crippen molar-refractivity contribution in [2.75, 3.05) is 39.6 Å². The van der Waals surface area contributed by atoms with Gasteiger partial charge in [0.15, 0.2) is 8.32 Å². The number of hydrogen-bond donors (Lipinski definition) is 0. The van der Waals surface area contributed by atoms with Gasteiger partial charge in [0.25, 0.3) is 0 Å². The highest BCUT2D eigenvalue weighted by Crippen LogP contribution is 2.46. The number of benzene rings is 1. The van der Waals surface area contributed by atoms with Crippen LogP contribution in [0, 0.1) is 5.92 Å². The third-order valence-electron chi connectivity index (χ3n) is 11.5. The van der Waals surface area contributed by atoms with Crippen LogP contribution >= 0.6 is 34.8 Å². The molecule has 0 heterocycles. The molecule has 57 heavy (non-hydrogen) atoms. The predicted molar refractivity (Wildman–Crippen MR) is 240 cm³/mol. The summed E-state index contributed by atoms with van der Waals surface area (Å²) < 4.78 is 35.3. The molecule has 0 aliphatic rings. The monoisotopic (exact) mass is 895 g/mol. The number of amides is 1. The van der Waals surface area contributed by atoms with E-state index in [4.69, 9.17) is 62.6 Å². The van der Waals surface area contributed by atoms with Crippen LogP contribution in [0.15, 0.2) is 23.8 Å². The molecule has 0 saturated heterocycles. The topological polar surface area (TPSA) is 110 Å². The van der Waals surface area contributed by atoms with E-state index < -0.39 is 32.4 Å². The summed E-state index contributed by atoms with van der Waals surface area (Å²) in [7, 11) is -0.223. The Bertz CT molecular complexity index is 1440. The molecule has 0 spiro atoms. The Morgan fingerprint density at radius 2 is 1.47 bits per heavy atom. The van der Waals surface area contributed by atoms with Gasteiger partial charge in [-0.25, -0.2) is 0 Å². The molecular formula is C42H72Cl3NO9Si2. The highest BCUT2D eigenvalue weighted by molar-refractivity contribution is 6.77. The lowest BCUT2D eigenvalue weighted by Gasteiger charge is -2.48. The molecule has 10 nitrogen and oxygen atoms in total. The molecule has 1 aromatic carbocycles. The van der Waals surface area contributed by atoms with Crippen LogP contribution in [0.3, 0.4) is 0 Å². The summed E-state index contributed by atoms with van der Waals surface area (Å²) in [5, 5.41) is -0.0365. The average Bonchev–Trinajstić information content (AvgIpc) is 3.10. The maximum Gasteiger partial charge on any atom is 0.232 e. The second-order valence-electron chi connectivity index (χ2n) is 17.4. The zero-order valence-electron chi connectivity index (χ0n) is 37.4. The van der Waals surface area contributed by atoms with Gasteiger partial charge in [-0.15, -0.1) is 0 Å². The van der Waals surface area contributed by atoms with E-state index >= 15 is 0 Å². The van der Waals surface area contributed by atoms with Crippen LogP contribution < -0.4 is 14.4 Å². The van der Waals surface area contributed by atoms with E-state index in [1.54, 1.807) is 6.07 Å². The lowest BCUT2D eigenvalue weighted by molar-refractivity contribution is -0.127. The minimum absolute atomic E-state index is 0.0365. The lowest BCUT2D eigenvalue weighted by atomic mass is 9.91. The van der Waals surface area contributed by atoms with Crippen LogP contribution in [-0.2, 0) is 39.1 Å². The normalized spacial score (nSPS) is 15.4. The van der Waals surface area contributed by atoms with Gasteiger partial charge in [-0.2, -0.15) is 0 Å². The van der Waals surface area contributed by atoms with Crippen LogP contribution in [0.25, 0.3) is 0 Å². The predicted octanol–water partition coefficient (Wildman–Crippen LogP) is 11.0. The van der Waals surface area contributed by atoms with Gasteiger partial charge in [-0.05, 0) is 66.2 Å². The molecule has 0 unspecified atom stereocenters. The Balaban J connectivity index is 3.86. The molecule has 1 amide bonds. The summed E-state index contributed by atoms with van der Waals surface area (Å²) in [5.74, 6) is 0.318. The number of allylic oxidation sites excluding steroid dienone is 1. The maximum absolute atomic E-state index is 13.7. The third kappa shape index (κ3) is 15.2. The molecule has 0 radical (unpaired) electrons. The standard InChI is InChI=1S/C42H72Cl3NO9Si2/c1-28(2)57(29(3)4,30(5)6)55-39(32(8)37(20-21-47)54-56(15,16)41(9,10)11)31(7)18-17-19-33-22-34(50-12)23-36(40(33)52-14)46(27-53-26-42(43,44)45)38(49)24-35(25-48)51-13/h18,21-23,25,28-30,32,35,37,39H,17,19-20,24,26-27H2,1-16H3/b31-18+/t32-,35+,37-,39-/m0/s1. The van der Waals surface area contributed by atoms with Gasteiger partial charge < -0.3 is 37.4 Å². The highest BCUT2D eigenvalue weighted by Gasteiger charge is 2.49. The highest BCUT2D eigenvalue weighted by atomic mass is 35.6. The zero-order valence-corrected chi connectivity index (χ0v) is 41.7. The number of alkyl halides is 3. The number of aldehydes is 2. The molecule has 4 atom stereocenters. The summed E-state index contributed by atoms with van der Waals surface area (Å²) >= 11 is 17.8. The third-order valence-corrected chi connectivity index (χ3v) is 22.4. The fraction of sp³-hybridized carbons (Fsp3) is 0.738. The van der Waals surface area contributed by atoms with Gasteiger partial charge in [0.2, 0.25) is 18.0 Å². The number of rotatable bonds is 25. The summed E-state index contributed by atoms with van der Waals surface area (Å²) in [6.07, 6.45) is 3.28. The largest absolute Gasteiger partial charge is 0.497 e. The van der Waals surface area contributed by atoms with Gasteiger partial charge in [0, 0.05) is 31.1 Å². The minimum Gasteiger partial charge on any atom is -0.497 e. The first-order chi connectivity index (χ1) is 26.3. The Hall–Kier alpha value is -1.49. The van der Waals surface area contributed by atoms with Crippen molar-refractivity contribution in [2.45, 2.75) is 159 Å². The van der Waals surface area contributed by atoms with E-state index in [2.05, 4.69) is 95.3 Å². The fourth-order valence-corrected chi connectivity index (χ4v) is 14.7. The van der Waals surface area contributed by atoms with Gasteiger partial charge in [-0.3, -0.25) is 9.69 Å². The van der Waals surface area contributed by atoms with Crippen molar-refractivity contribution in [3.05, 3.63) is 29.3 Å². The number of anilines is 1. The summed E-state index contributed by atoms with van der Waals surface area (Å²) in [6.45, 7) is 28.4. The molecule has 0 aliphatic heterocycles. The number of ether oxygens (including phenoxy) is 4. The number of carbonyl (C=O) groups excluding carboxylic acids is 3. The smallest absolute Gasteiger partial charge is 0.232 e. The first-order valence-electron chi connectivity index (χ1n) is 19.9. The molecule has 15 heteroatoms. The number of aryl methyl sites for hydroxylation is 1. The molecule has 1 aromatic rings. The van der Waals surface area contributed by atoms with Crippen LogP contribution in [0.2, 0.25) is 34.8 Å². The summed E-state index contributed by atoms with van der Waals surface area (Å²) in [5.41, 5.74) is 3.24. The number of carbonyl (C=O) groups is 3. The van der Waals surface area contributed by atoms with Gasteiger partial charge in [0.05, 0.1) is 45.1 Å². The van der Waals surface area contributed by atoms with Crippen LogP contribution in [-0.4, -0.2) is 91.9 Å². The van der Waals surface area contributed by atoms with Crippen LogP contribution in [0.5, 0.6) is 11.5 Å².